The predicted molar refractivity (Wildman–Crippen MR) is 99.1 cm³/mol. The van der Waals surface area contributed by atoms with Crippen molar-refractivity contribution in [3.8, 4) is 0 Å². The highest BCUT2D eigenvalue weighted by atomic mass is 35.5. The molecule has 0 saturated heterocycles. The number of carbonyl (C=O) groups is 2. The molecule has 5 nitrogen and oxygen atoms in total. The monoisotopic (exact) mass is 396 g/mol. The maximum absolute atomic E-state index is 13.7. The Morgan fingerprint density at radius 1 is 1.31 bits per heavy atom. The Labute approximate surface area is 160 Å². The topological polar surface area (TPSA) is 66.0 Å². The molecule has 0 aromatic heterocycles. The molecule has 0 aliphatic carbocycles. The van der Waals surface area contributed by atoms with Crippen molar-refractivity contribution in [1.29, 1.82) is 0 Å². The van der Waals surface area contributed by atoms with Gasteiger partial charge in [0.1, 0.15) is 18.4 Å². The molecule has 0 fully saturated rings. The molecule has 1 atom stereocenters. The highest BCUT2D eigenvalue weighted by molar-refractivity contribution is 6.35. The molecule has 0 radical (unpaired) electrons. The molecule has 2 aromatic rings. The van der Waals surface area contributed by atoms with Crippen LogP contribution in [0, 0.1) is 5.82 Å². The fourth-order valence-electron chi connectivity index (χ4n) is 2.86. The fourth-order valence-corrected chi connectivity index (χ4v) is 3.41. The van der Waals surface area contributed by atoms with Crippen LogP contribution in [-0.4, -0.2) is 24.9 Å². The Kier molecular flexibility index (Phi) is 5.46. The first kappa shape index (κ1) is 18.6. The van der Waals surface area contributed by atoms with Crippen molar-refractivity contribution in [2.45, 2.75) is 13.0 Å². The molecular formula is C18H17Cl2FN3O2+. The molecule has 3 rings (SSSR count). The number of nitrogens with two attached hydrogens (primary N) is 1. The van der Waals surface area contributed by atoms with Gasteiger partial charge in [0.25, 0.3) is 5.91 Å². The normalized spacial score (nSPS) is 14.6. The number of rotatable bonds is 4. The largest absolute Gasteiger partial charge is 0.332 e. The van der Waals surface area contributed by atoms with Crippen molar-refractivity contribution in [3.63, 3.8) is 0 Å². The molecule has 2 amide bonds. The number of halogens is 3. The summed E-state index contributed by atoms with van der Waals surface area (Å²) in [6.45, 7) is 1.87. The zero-order chi connectivity index (χ0) is 18.8. The van der Waals surface area contributed by atoms with Crippen molar-refractivity contribution in [2.75, 3.05) is 23.3 Å². The number of hydrogen-bond donors (Lipinski definition) is 2. The van der Waals surface area contributed by atoms with Crippen molar-refractivity contribution < 1.29 is 19.3 Å². The first-order chi connectivity index (χ1) is 12.4. The van der Waals surface area contributed by atoms with Crippen LogP contribution in [0.5, 0.6) is 0 Å². The minimum absolute atomic E-state index is 0.0333. The van der Waals surface area contributed by atoms with Crippen LogP contribution in [-0.2, 0) is 9.59 Å². The van der Waals surface area contributed by atoms with Crippen molar-refractivity contribution in [3.05, 3.63) is 57.8 Å². The average molecular weight is 397 g/mol. The molecular weight excluding hydrogens is 380 g/mol. The molecule has 1 aliphatic heterocycles. The molecule has 8 heteroatoms. The van der Waals surface area contributed by atoms with E-state index in [1.807, 2.05) is 6.92 Å². The van der Waals surface area contributed by atoms with E-state index in [0.29, 0.717) is 22.0 Å². The second-order valence-electron chi connectivity index (χ2n) is 6.06. The van der Waals surface area contributed by atoms with E-state index in [2.05, 4.69) is 5.32 Å². The zero-order valence-electron chi connectivity index (χ0n) is 13.9. The van der Waals surface area contributed by atoms with E-state index >= 15 is 0 Å². The zero-order valence-corrected chi connectivity index (χ0v) is 15.4. The molecule has 3 N–H and O–H groups in total. The van der Waals surface area contributed by atoms with Gasteiger partial charge >= 0.3 is 0 Å². The lowest BCUT2D eigenvalue weighted by molar-refractivity contribution is -0.682. The lowest BCUT2D eigenvalue weighted by Gasteiger charge is -2.28. The summed E-state index contributed by atoms with van der Waals surface area (Å²) >= 11 is 11.8. The molecule has 0 saturated carbocycles. The molecule has 0 spiro atoms. The number of nitrogens with one attached hydrogen (secondary N) is 1. The molecule has 2 aromatic carbocycles. The van der Waals surface area contributed by atoms with Gasteiger partial charge < -0.3 is 10.6 Å². The van der Waals surface area contributed by atoms with Gasteiger partial charge in [-0.2, -0.15) is 0 Å². The minimum atomic E-state index is -0.556. The Bertz CT molecular complexity index is 876. The Hall–Kier alpha value is -2.15. The highest BCUT2D eigenvalue weighted by Gasteiger charge is 2.28. The van der Waals surface area contributed by atoms with Gasteiger partial charge in [-0.25, -0.2) is 4.39 Å². The Morgan fingerprint density at radius 3 is 2.81 bits per heavy atom. The molecule has 1 aliphatic rings. The third kappa shape index (κ3) is 3.82. The van der Waals surface area contributed by atoms with Crippen LogP contribution in [0.3, 0.4) is 0 Å². The van der Waals surface area contributed by atoms with E-state index in [9.17, 15) is 14.0 Å². The van der Waals surface area contributed by atoms with Gasteiger partial charge in [0, 0.05) is 5.56 Å². The summed E-state index contributed by atoms with van der Waals surface area (Å²) in [4.78, 5) is 25.9. The van der Waals surface area contributed by atoms with E-state index in [4.69, 9.17) is 23.2 Å². The number of benzene rings is 2. The van der Waals surface area contributed by atoms with Crippen molar-refractivity contribution in [2.24, 2.45) is 0 Å². The second kappa shape index (κ2) is 7.61. The molecule has 0 bridgehead atoms. The first-order valence-electron chi connectivity index (χ1n) is 8.04. The maximum atomic E-state index is 13.7. The van der Waals surface area contributed by atoms with E-state index in [1.54, 1.807) is 29.6 Å². The maximum Gasteiger partial charge on any atom is 0.282 e. The standard InChI is InChI=1S/C18H16Cl2FN3O2/c1-10(11-6-14(21)13(20)7-12(11)19)22-8-18(26)24-9-17(25)23-15-4-2-3-5-16(15)24/h2-7,10,22H,8-9H2,1H3,(H,23,25)/p+1/t10-/m0/s1. The van der Waals surface area contributed by atoms with E-state index in [0.717, 1.165) is 0 Å². The highest BCUT2D eigenvalue weighted by Crippen LogP contribution is 2.29. The summed E-state index contributed by atoms with van der Waals surface area (Å²) in [6.07, 6.45) is 0. The van der Waals surface area contributed by atoms with Crippen LogP contribution in [0.1, 0.15) is 18.5 Å². The molecule has 1 heterocycles. The third-order valence-electron chi connectivity index (χ3n) is 4.25. The fraction of sp³-hybridized carbons (Fsp3) is 0.222. The third-order valence-corrected chi connectivity index (χ3v) is 4.86. The van der Waals surface area contributed by atoms with Gasteiger partial charge in [-0.05, 0) is 31.2 Å². The van der Waals surface area contributed by atoms with E-state index < -0.39 is 5.82 Å². The second-order valence-corrected chi connectivity index (χ2v) is 6.88. The lowest BCUT2D eigenvalue weighted by Crippen LogP contribution is -2.87. The summed E-state index contributed by atoms with van der Waals surface area (Å²) < 4.78 is 13.7. The number of fused-ring (bicyclic) bond motifs is 1. The number of quaternary nitrogens is 1. The van der Waals surface area contributed by atoms with Gasteiger partial charge in [0.2, 0.25) is 5.91 Å². The Balaban J connectivity index is 1.71. The average Bonchev–Trinajstić information content (AvgIpc) is 2.61. The minimum Gasteiger partial charge on any atom is -0.332 e. The number of amides is 2. The number of carbonyl (C=O) groups excluding carboxylic acids is 2. The quantitative estimate of drug-likeness (QED) is 0.780. The van der Waals surface area contributed by atoms with Crippen molar-refractivity contribution in [1.82, 2.24) is 0 Å². The van der Waals surface area contributed by atoms with Gasteiger partial charge in [-0.3, -0.25) is 14.5 Å². The van der Waals surface area contributed by atoms with Gasteiger partial charge in [0.05, 0.1) is 21.4 Å². The van der Waals surface area contributed by atoms with Crippen LogP contribution < -0.4 is 15.5 Å². The Morgan fingerprint density at radius 2 is 2.04 bits per heavy atom. The molecule has 26 heavy (non-hydrogen) atoms. The number of para-hydroxylation sites is 2. The number of hydrogen-bond acceptors (Lipinski definition) is 2. The van der Waals surface area contributed by atoms with Crippen LogP contribution in [0.15, 0.2) is 36.4 Å². The van der Waals surface area contributed by atoms with Crippen LogP contribution >= 0.6 is 23.2 Å². The van der Waals surface area contributed by atoms with E-state index in [-0.39, 0.29) is 36.0 Å². The smallest absolute Gasteiger partial charge is 0.282 e. The summed E-state index contributed by atoms with van der Waals surface area (Å²) in [5.41, 5.74) is 1.82. The first-order valence-corrected chi connectivity index (χ1v) is 8.79. The lowest BCUT2D eigenvalue weighted by atomic mass is 10.1. The predicted octanol–water partition coefficient (Wildman–Crippen LogP) is 2.74. The summed E-state index contributed by atoms with van der Waals surface area (Å²) in [5.74, 6) is -1.02. The SMILES string of the molecule is C[C@H]([NH2+]CC(=O)N1CC(=O)Nc2ccccc21)c1cc(F)c(Cl)cc1Cl. The molecule has 0 unspecified atom stereocenters. The van der Waals surface area contributed by atoms with Gasteiger partial charge in [-0.1, -0.05) is 35.3 Å². The van der Waals surface area contributed by atoms with Crippen LogP contribution in [0.2, 0.25) is 10.0 Å². The summed E-state index contributed by atoms with van der Waals surface area (Å²) in [6, 6.07) is 9.49. The van der Waals surface area contributed by atoms with Gasteiger partial charge in [0.15, 0.2) is 6.54 Å². The summed E-state index contributed by atoms with van der Waals surface area (Å²) in [5, 5.41) is 4.78. The number of nitrogens with zero attached hydrogens (tertiary/aromatic N) is 1. The van der Waals surface area contributed by atoms with Gasteiger partial charge in [-0.15, -0.1) is 0 Å². The van der Waals surface area contributed by atoms with E-state index in [1.165, 1.54) is 17.0 Å². The number of anilines is 2. The van der Waals surface area contributed by atoms with Crippen LogP contribution in [0.4, 0.5) is 15.8 Å². The molecule has 136 valence electrons. The summed E-state index contributed by atoms with van der Waals surface area (Å²) in [7, 11) is 0. The van der Waals surface area contributed by atoms with Crippen LogP contribution in [0.25, 0.3) is 0 Å². The van der Waals surface area contributed by atoms with Crippen molar-refractivity contribution >= 4 is 46.4 Å².